The first-order valence-electron chi connectivity index (χ1n) is 16.9. The summed E-state index contributed by atoms with van der Waals surface area (Å²) in [7, 11) is 4.00. The highest BCUT2D eigenvalue weighted by molar-refractivity contribution is 5.59. The van der Waals surface area contributed by atoms with Crippen molar-refractivity contribution in [1.29, 1.82) is 0 Å². The number of benzene rings is 3. The summed E-state index contributed by atoms with van der Waals surface area (Å²) in [5, 5.41) is 22.6. The van der Waals surface area contributed by atoms with Crippen LogP contribution in [0.3, 0.4) is 0 Å². The summed E-state index contributed by atoms with van der Waals surface area (Å²) in [6.45, 7) is 26.7. The van der Waals surface area contributed by atoms with Crippen molar-refractivity contribution in [2.75, 3.05) is 23.9 Å². The van der Waals surface area contributed by atoms with Gasteiger partial charge in [0, 0.05) is 32.7 Å². The normalized spacial score (nSPS) is 12.7. The van der Waals surface area contributed by atoms with Crippen molar-refractivity contribution in [3.63, 3.8) is 0 Å². The van der Waals surface area contributed by atoms with E-state index >= 15 is 0 Å². The second kappa shape index (κ2) is 13.1. The predicted molar refractivity (Wildman–Crippen MR) is 200 cm³/mol. The van der Waals surface area contributed by atoms with Gasteiger partial charge in [0.05, 0.1) is 0 Å². The molecule has 2 N–H and O–H groups in total. The average molecular weight is 652 g/mol. The van der Waals surface area contributed by atoms with Gasteiger partial charge in [0.15, 0.2) is 5.82 Å². The Bertz CT molecular complexity index is 1580. The fraction of sp³-hybridized carbons (Fsp3) is 0.488. The van der Waals surface area contributed by atoms with Gasteiger partial charge in [-0.1, -0.05) is 113 Å². The Morgan fingerprint density at radius 2 is 0.812 bits per heavy atom. The third-order valence-corrected chi connectivity index (χ3v) is 8.74. The topological polar surface area (TPSA) is 85.6 Å². The van der Waals surface area contributed by atoms with Crippen LogP contribution in [0.25, 0.3) is 11.4 Å². The van der Waals surface area contributed by atoms with E-state index in [4.69, 9.17) is 15.0 Å². The van der Waals surface area contributed by atoms with Gasteiger partial charge in [0.25, 0.3) is 0 Å². The van der Waals surface area contributed by atoms with Gasteiger partial charge in [0.1, 0.15) is 11.5 Å². The molecule has 4 aromatic rings. The lowest BCUT2D eigenvalue weighted by Crippen LogP contribution is -2.25. The first kappa shape index (κ1) is 36.7. The van der Waals surface area contributed by atoms with Gasteiger partial charge in [0.2, 0.25) is 11.9 Å². The van der Waals surface area contributed by atoms with E-state index in [-0.39, 0.29) is 21.7 Å². The highest BCUT2D eigenvalue weighted by atomic mass is 16.3. The number of nitrogens with zero attached hydrogens (tertiary/aromatic N) is 5. The lowest BCUT2D eigenvalue weighted by molar-refractivity contribution is 0.421. The van der Waals surface area contributed by atoms with Crippen LogP contribution in [0.4, 0.5) is 11.9 Å². The lowest BCUT2D eigenvalue weighted by Gasteiger charge is -2.29. The molecule has 0 radical (unpaired) electrons. The Kier molecular flexibility index (Phi) is 9.98. The molecule has 0 saturated carbocycles. The van der Waals surface area contributed by atoms with Crippen molar-refractivity contribution >= 4 is 11.9 Å². The molecule has 0 aliphatic carbocycles. The molecule has 7 heteroatoms. The van der Waals surface area contributed by atoms with E-state index in [0.717, 1.165) is 38.9 Å². The average Bonchev–Trinajstić information content (AvgIpc) is 2.96. The molecule has 1 aromatic heterocycles. The van der Waals surface area contributed by atoms with Crippen LogP contribution in [0.5, 0.6) is 11.5 Å². The summed E-state index contributed by atoms with van der Waals surface area (Å²) in [5.41, 5.74) is 5.88. The maximum absolute atomic E-state index is 11.3. The van der Waals surface area contributed by atoms with Gasteiger partial charge in [-0.3, -0.25) is 0 Å². The Hall–Kier alpha value is -4.13. The van der Waals surface area contributed by atoms with Crippen LogP contribution < -0.4 is 9.80 Å². The van der Waals surface area contributed by atoms with E-state index in [1.54, 1.807) is 0 Å². The van der Waals surface area contributed by atoms with Crippen LogP contribution in [0, 0.1) is 0 Å². The van der Waals surface area contributed by atoms with Crippen molar-refractivity contribution < 1.29 is 10.2 Å². The zero-order valence-electron chi connectivity index (χ0n) is 31.7. The number of hydrogen-bond acceptors (Lipinski definition) is 7. The minimum atomic E-state index is -0.226. The molecule has 3 aromatic carbocycles. The number of rotatable bonds is 7. The van der Waals surface area contributed by atoms with Crippen LogP contribution in [-0.2, 0) is 34.7 Å². The van der Waals surface area contributed by atoms with Crippen LogP contribution in [-0.4, -0.2) is 39.3 Å². The molecule has 0 spiro atoms. The second-order valence-corrected chi connectivity index (χ2v) is 17.4. The molecule has 258 valence electrons. The fourth-order valence-corrected chi connectivity index (χ4v) is 5.96. The SMILES string of the molecule is CN(Cc1cc(C(C)(C)C)c(O)c(C(C)(C)C)c1)c1nc(-c2ccccc2)nc(N(C)Cc2cc(C(C)(C)C)c(O)c(C(C)(C)C)c2)n1. The third kappa shape index (κ3) is 8.29. The van der Waals surface area contributed by atoms with Crippen LogP contribution in [0.1, 0.15) is 116 Å². The van der Waals surface area contributed by atoms with Gasteiger partial charge in [-0.15, -0.1) is 0 Å². The molecular formula is C41H57N5O2. The second-order valence-electron chi connectivity index (χ2n) is 17.4. The van der Waals surface area contributed by atoms with Crippen LogP contribution in [0.15, 0.2) is 54.6 Å². The minimum Gasteiger partial charge on any atom is -0.507 e. The van der Waals surface area contributed by atoms with Crippen molar-refractivity contribution in [3.8, 4) is 22.9 Å². The van der Waals surface area contributed by atoms with Gasteiger partial charge >= 0.3 is 0 Å². The molecule has 0 amide bonds. The smallest absolute Gasteiger partial charge is 0.230 e. The summed E-state index contributed by atoms with van der Waals surface area (Å²) in [6.07, 6.45) is 0. The minimum absolute atomic E-state index is 0.226. The molecule has 1 heterocycles. The molecule has 4 rings (SSSR count). The molecule has 0 aliphatic heterocycles. The summed E-state index contributed by atoms with van der Waals surface area (Å²) in [5.74, 6) is 2.46. The molecule has 7 nitrogen and oxygen atoms in total. The Balaban J connectivity index is 1.79. The first-order valence-corrected chi connectivity index (χ1v) is 16.9. The van der Waals surface area contributed by atoms with Crippen molar-refractivity contribution in [1.82, 2.24) is 15.0 Å². The van der Waals surface area contributed by atoms with Crippen molar-refractivity contribution in [2.24, 2.45) is 0 Å². The molecular weight excluding hydrogens is 594 g/mol. The van der Waals surface area contributed by atoms with Gasteiger partial charge < -0.3 is 20.0 Å². The van der Waals surface area contributed by atoms with Gasteiger partial charge in [-0.05, 0) is 79.3 Å². The largest absolute Gasteiger partial charge is 0.507 e. The van der Waals surface area contributed by atoms with Crippen LogP contribution >= 0.6 is 0 Å². The van der Waals surface area contributed by atoms with Crippen molar-refractivity contribution in [2.45, 2.75) is 118 Å². The van der Waals surface area contributed by atoms with E-state index < -0.39 is 0 Å². The zero-order chi connectivity index (χ0) is 36.0. The number of aromatic hydroxyl groups is 2. The van der Waals surface area contributed by atoms with E-state index in [2.05, 4.69) is 107 Å². The quantitative estimate of drug-likeness (QED) is 0.206. The number of hydrogen-bond donors (Lipinski definition) is 2. The van der Waals surface area contributed by atoms with E-state index in [0.29, 0.717) is 42.3 Å². The maximum Gasteiger partial charge on any atom is 0.230 e. The first-order chi connectivity index (χ1) is 22.0. The molecule has 0 atom stereocenters. The highest BCUT2D eigenvalue weighted by Crippen LogP contribution is 2.41. The fourth-order valence-electron chi connectivity index (χ4n) is 5.96. The molecule has 48 heavy (non-hydrogen) atoms. The summed E-state index contributed by atoms with van der Waals surface area (Å²) < 4.78 is 0. The predicted octanol–water partition coefficient (Wildman–Crippen LogP) is 9.41. The molecule has 0 fully saturated rings. The van der Waals surface area contributed by atoms with Gasteiger partial charge in [-0.2, -0.15) is 15.0 Å². The Morgan fingerprint density at radius 1 is 0.500 bits per heavy atom. The van der Waals surface area contributed by atoms with Crippen molar-refractivity contribution in [3.05, 3.63) is 88.0 Å². The number of phenolic OH excluding ortho intramolecular Hbond substituents is 2. The highest BCUT2D eigenvalue weighted by Gasteiger charge is 2.29. The Labute approximate surface area is 289 Å². The standard InChI is InChI=1S/C41H57N5O2/c1-38(2,3)29-20-26(21-30(33(29)47)39(4,5)6)24-45(13)36-42-35(28-18-16-15-17-19-28)43-37(44-36)46(14)25-27-22-31(40(7,8)9)34(48)32(23-27)41(10,11)12/h15-23,47-48H,24-25H2,1-14H3. The number of anilines is 2. The summed E-state index contributed by atoms with van der Waals surface area (Å²) in [6, 6.07) is 18.4. The van der Waals surface area contributed by atoms with E-state index in [9.17, 15) is 10.2 Å². The molecule has 0 saturated heterocycles. The molecule has 0 aliphatic rings. The zero-order valence-corrected chi connectivity index (χ0v) is 31.7. The molecule has 0 bridgehead atoms. The third-order valence-electron chi connectivity index (χ3n) is 8.74. The van der Waals surface area contributed by atoms with Gasteiger partial charge in [-0.25, -0.2) is 0 Å². The van der Waals surface area contributed by atoms with Crippen LogP contribution in [0.2, 0.25) is 0 Å². The summed E-state index contributed by atoms with van der Waals surface area (Å²) >= 11 is 0. The molecule has 0 unspecified atom stereocenters. The maximum atomic E-state index is 11.3. The van der Waals surface area contributed by atoms with E-state index in [1.165, 1.54) is 0 Å². The summed E-state index contributed by atoms with van der Waals surface area (Å²) in [4.78, 5) is 19.0. The van der Waals surface area contributed by atoms with E-state index in [1.807, 2.05) is 54.2 Å². The number of aromatic nitrogens is 3. The number of phenols is 2. The Morgan fingerprint density at radius 3 is 1.10 bits per heavy atom. The monoisotopic (exact) mass is 651 g/mol. The lowest BCUT2D eigenvalue weighted by atomic mass is 9.78.